The third kappa shape index (κ3) is 4.20. The fraction of sp³-hybridized carbons (Fsp3) is 0.314. The number of aromatic hydroxyl groups is 1. The topological polar surface area (TPSA) is 157 Å². The van der Waals surface area contributed by atoms with Gasteiger partial charge in [-0.3, -0.25) is 29.3 Å². The Bertz CT molecular complexity index is 1880. The second kappa shape index (κ2) is 10.8. The van der Waals surface area contributed by atoms with Gasteiger partial charge in [0.15, 0.2) is 0 Å². The monoisotopic (exact) mass is 637 g/mol. The van der Waals surface area contributed by atoms with E-state index in [2.05, 4.69) is 0 Å². The van der Waals surface area contributed by atoms with Crippen molar-refractivity contribution in [1.82, 2.24) is 0 Å². The number of rotatable bonds is 6. The predicted octanol–water partition coefficient (Wildman–Crippen LogP) is 4.75. The number of hydrogen-bond donors (Lipinski definition) is 1. The molecular weight excluding hydrogens is 606 g/mol. The summed E-state index contributed by atoms with van der Waals surface area (Å²) in [5, 5.41) is 22.0. The maximum absolute atomic E-state index is 14.6. The Morgan fingerprint density at radius 1 is 0.851 bits per heavy atom. The molecule has 47 heavy (non-hydrogen) atoms. The maximum Gasteiger partial charge on any atom is 0.271 e. The zero-order valence-electron chi connectivity index (χ0n) is 25.8. The number of anilines is 2. The molecule has 7 rings (SSSR count). The fourth-order valence-electron chi connectivity index (χ4n) is 8.36. The number of amides is 4. The van der Waals surface area contributed by atoms with E-state index in [9.17, 15) is 34.4 Å². The van der Waals surface area contributed by atoms with Gasteiger partial charge in [-0.2, -0.15) is 0 Å². The number of nitro benzene ring substituents is 1. The molecule has 2 aliphatic carbocycles. The van der Waals surface area contributed by atoms with Crippen LogP contribution in [0, 0.1) is 39.2 Å². The Labute approximate surface area is 269 Å². The maximum atomic E-state index is 14.6. The molecule has 3 fully saturated rings. The van der Waals surface area contributed by atoms with Gasteiger partial charge in [-0.25, -0.2) is 9.80 Å². The summed E-state index contributed by atoms with van der Waals surface area (Å²) in [7, 11) is 2.86. The van der Waals surface area contributed by atoms with Gasteiger partial charge in [0.25, 0.3) is 5.69 Å². The van der Waals surface area contributed by atoms with Gasteiger partial charge in [-0.1, -0.05) is 35.9 Å². The number of methoxy groups -OCH3 is 2. The van der Waals surface area contributed by atoms with Crippen molar-refractivity contribution in [1.29, 1.82) is 0 Å². The molecule has 4 aliphatic rings. The quantitative estimate of drug-likeness (QED) is 0.174. The van der Waals surface area contributed by atoms with Crippen molar-refractivity contribution in [2.24, 2.45) is 29.1 Å². The molecule has 12 heteroatoms. The van der Waals surface area contributed by atoms with Gasteiger partial charge in [0, 0.05) is 35.7 Å². The number of nitro groups is 1. The van der Waals surface area contributed by atoms with E-state index in [1.165, 1.54) is 55.5 Å². The molecule has 2 heterocycles. The zero-order valence-corrected chi connectivity index (χ0v) is 25.8. The molecule has 240 valence electrons. The second-order valence-electron chi connectivity index (χ2n) is 12.5. The molecular formula is C35H31N3O9. The van der Waals surface area contributed by atoms with E-state index < -0.39 is 63.6 Å². The fourth-order valence-corrected chi connectivity index (χ4v) is 8.36. The first-order valence-electron chi connectivity index (χ1n) is 15.2. The minimum Gasteiger partial charge on any atom is -0.508 e. The van der Waals surface area contributed by atoms with Crippen molar-refractivity contribution in [3.63, 3.8) is 0 Å². The molecule has 12 nitrogen and oxygen atoms in total. The highest BCUT2D eigenvalue weighted by atomic mass is 16.6. The van der Waals surface area contributed by atoms with Gasteiger partial charge < -0.3 is 14.6 Å². The van der Waals surface area contributed by atoms with Crippen LogP contribution in [0.5, 0.6) is 17.2 Å². The van der Waals surface area contributed by atoms with Crippen LogP contribution in [0.2, 0.25) is 0 Å². The molecule has 2 saturated heterocycles. The van der Waals surface area contributed by atoms with E-state index in [0.29, 0.717) is 16.8 Å². The molecule has 0 bridgehead atoms. The second-order valence-corrected chi connectivity index (χ2v) is 12.5. The average molecular weight is 638 g/mol. The smallest absolute Gasteiger partial charge is 0.271 e. The van der Waals surface area contributed by atoms with Gasteiger partial charge in [0.1, 0.15) is 17.2 Å². The number of fused-ring (bicyclic) bond motifs is 4. The molecule has 3 aromatic carbocycles. The number of ether oxygens (including phenoxy) is 2. The standard InChI is InChI=1S/C35H31N3O9/c1-35-25(32(41)37(34(35)43)18-8-5-4-6-9-18)17-24-22(30(35)29-26(46-2)15-21(39)16-27(29)47-3)12-13-23-28(24)33(42)36(31(23)40)19-10-7-11-20(14-19)38(44)45/h4-12,14-16,23-25,28,30,39H,13,17H2,1-3H3/t23-,24+,25-,28-,30+,35+/m0/s1. The summed E-state index contributed by atoms with van der Waals surface area (Å²) in [5.74, 6) is -5.48. The Balaban J connectivity index is 1.41. The van der Waals surface area contributed by atoms with E-state index in [4.69, 9.17) is 9.47 Å². The van der Waals surface area contributed by atoms with E-state index in [0.717, 1.165) is 4.90 Å². The van der Waals surface area contributed by atoms with Crippen LogP contribution in [0.15, 0.2) is 78.4 Å². The lowest BCUT2D eigenvalue weighted by molar-refractivity contribution is -0.384. The lowest BCUT2D eigenvalue weighted by Crippen LogP contribution is -2.49. The third-order valence-corrected chi connectivity index (χ3v) is 10.4. The minimum atomic E-state index is -1.36. The lowest BCUT2D eigenvalue weighted by atomic mass is 9.51. The summed E-state index contributed by atoms with van der Waals surface area (Å²) in [6.07, 6.45) is 2.18. The van der Waals surface area contributed by atoms with Crippen molar-refractivity contribution in [3.05, 3.63) is 94.1 Å². The average Bonchev–Trinajstić information content (AvgIpc) is 3.44. The molecule has 4 amide bonds. The number of hydrogen-bond acceptors (Lipinski definition) is 9. The molecule has 1 saturated carbocycles. The SMILES string of the molecule is COc1cc(O)cc(OC)c1[C@H]1C2=CC[C@@H]3C(=O)N(c4cccc([N+](=O)[O-])c4)C(=O)[C@@H]3[C@@H]2C[C@H]2C(=O)N(c3ccccc3)C(=O)[C@@]12C. The summed E-state index contributed by atoms with van der Waals surface area (Å²) >= 11 is 0. The first-order chi connectivity index (χ1) is 22.5. The van der Waals surface area contributed by atoms with Crippen molar-refractivity contribution in [3.8, 4) is 17.2 Å². The molecule has 0 aromatic heterocycles. The van der Waals surface area contributed by atoms with Crippen LogP contribution in [0.4, 0.5) is 17.1 Å². The highest BCUT2D eigenvalue weighted by Gasteiger charge is 2.68. The van der Waals surface area contributed by atoms with Crippen molar-refractivity contribution >= 4 is 40.7 Å². The van der Waals surface area contributed by atoms with E-state index in [1.54, 1.807) is 37.3 Å². The molecule has 1 N–H and O–H groups in total. The van der Waals surface area contributed by atoms with Crippen molar-refractivity contribution in [2.45, 2.75) is 25.7 Å². The molecule has 0 unspecified atom stereocenters. The Morgan fingerprint density at radius 3 is 2.15 bits per heavy atom. The van der Waals surface area contributed by atoms with Gasteiger partial charge in [-0.05, 0) is 43.9 Å². The first kappa shape index (κ1) is 30.2. The van der Waals surface area contributed by atoms with E-state index in [-0.39, 0.29) is 41.5 Å². The summed E-state index contributed by atoms with van der Waals surface area (Å²) in [6, 6.07) is 16.9. The summed E-state index contributed by atoms with van der Waals surface area (Å²) in [6.45, 7) is 1.75. The Kier molecular flexibility index (Phi) is 6.92. The molecule has 6 atom stereocenters. The van der Waals surface area contributed by atoms with Crippen LogP contribution in [0.25, 0.3) is 0 Å². The number of carbonyl (C=O) groups is 4. The largest absolute Gasteiger partial charge is 0.508 e. The number of allylic oxidation sites excluding steroid dienone is 2. The first-order valence-corrected chi connectivity index (χ1v) is 15.2. The molecule has 0 radical (unpaired) electrons. The molecule has 3 aromatic rings. The number of nitrogens with zero attached hydrogens (tertiary/aromatic N) is 3. The van der Waals surface area contributed by atoms with Crippen LogP contribution in [-0.2, 0) is 19.2 Å². The van der Waals surface area contributed by atoms with Crippen LogP contribution in [0.3, 0.4) is 0 Å². The number of phenols is 1. The van der Waals surface area contributed by atoms with Crippen molar-refractivity contribution < 1.29 is 38.7 Å². The summed E-state index contributed by atoms with van der Waals surface area (Å²) in [4.78, 5) is 70.2. The minimum absolute atomic E-state index is 0.103. The van der Waals surface area contributed by atoms with Gasteiger partial charge >= 0.3 is 0 Å². The van der Waals surface area contributed by atoms with Gasteiger partial charge in [0.2, 0.25) is 23.6 Å². The number of benzene rings is 3. The lowest BCUT2D eigenvalue weighted by Gasteiger charge is -2.49. The van der Waals surface area contributed by atoms with Gasteiger partial charge in [-0.15, -0.1) is 0 Å². The third-order valence-electron chi connectivity index (χ3n) is 10.4. The van der Waals surface area contributed by atoms with E-state index in [1.807, 2.05) is 6.08 Å². The Hall–Kier alpha value is -5.52. The number of imide groups is 2. The predicted molar refractivity (Wildman–Crippen MR) is 168 cm³/mol. The normalized spacial score (nSPS) is 28.1. The Morgan fingerprint density at radius 2 is 1.51 bits per heavy atom. The molecule has 2 aliphatic heterocycles. The number of carbonyl (C=O) groups excluding carboxylic acids is 4. The molecule has 0 spiro atoms. The van der Waals surface area contributed by atoms with Crippen LogP contribution >= 0.6 is 0 Å². The highest BCUT2D eigenvalue weighted by Crippen LogP contribution is 2.65. The number of para-hydroxylation sites is 1. The van der Waals surface area contributed by atoms with Crippen LogP contribution < -0.4 is 19.3 Å². The number of non-ortho nitro benzene ring substituents is 1. The van der Waals surface area contributed by atoms with Crippen LogP contribution in [-0.4, -0.2) is 47.9 Å². The van der Waals surface area contributed by atoms with Gasteiger partial charge in [0.05, 0.1) is 53.7 Å². The zero-order chi connectivity index (χ0) is 33.4. The highest BCUT2D eigenvalue weighted by molar-refractivity contribution is 6.25. The van der Waals surface area contributed by atoms with Crippen LogP contribution in [0.1, 0.15) is 31.2 Å². The van der Waals surface area contributed by atoms with Crippen molar-refractivity contribution in [2.75, 3.05) is 24.0 Å². The summed E-state index contributed by atoms with van der Waals surface area (Å²) < 4.78 is 11.5. The number of phenolic OH excluding ortho intramolecular Hbond substituents is 1. The van der Waals surface area contributed by atoms with E-state index >= 15 is 0 Å². The summed E-state index contributed by atoms with van der Waals surface area (Å²) in [5.41, 5.74) is 0.0496.